The number of aliphatic hydroxyl groups is 1. The van der Waals surface area contributed by atoms with Crippen molar-refractivity contribution in [3.8, 4) is 0 Å². The second-order valence-electron chi connectivity index (χ2n) is 4.33. The average molecular weight is 235 g/mol. The van der Waals surface area contributed by atoms with Crippen molar-refractivity contribution in [2.75, 3.05) is 24.7 Å². The fraction of sp³-hybridized carbons (Fsp3) is 1.00. The molecule has 0 aromatic heterocycles. The fourth-order valence-electron chi connectivity index (χ4n) is 2.05. The van der Waals surface area contributed by atoms with E-state index in [1.165, 1.54) is 0 Å². The van der Waals surface area contributed by atoms with Crippen LogP contribution in [-0.2, 0) is 9.84 Å². The first-order valence-corrected chi connectivity index (χ1v) is 7.42. The third kappa shape index (κ3) is 3.74. The Morgan fingerprint density at radius 2 is 1.93 bits per heavy atom. The van der Waals surface area contributed by atoms with Crippen LogP contribution in [0.5, 0.6) is 0 Å². The number of sulfone groups is 1. The molecule has 4 nitrogen and oxygen atoms in total. The van der Waals surface area contributed by atoms with Gasteiger partial charge in [-0.3, -0.25) is 0 Å². The summed E-state index contributed by atoms with van der Waals surface area (Å²) in [6, 6.07) is 0. The van der Waals surface area contributed by atoms with Crippen LogP contribution in [-0.4, -0.2) is 43.7 Å². The monoisotopic (exact) mass is 235 g/mol. The van der Waals surface area contributed by atoms with Gasteiger partial charge in [-0.15, -0.1) is 0 Å². The maximum atomic E-state index is 11.3. The Morgan fingerprint density at radius 3 is 2.40 bits per heavy atom. The third-order valence-corrected chi connectivity index (χ3v) is 4.78. The molecule has 1 aliphatic heterocycles. The van der Waals surface area contributed by atoms with Crippen LogP contribution < -0.4 is 5.32 Å². The summed E-state index contributed by atoms with van der Waals surface area (Å²) in [4.78, 5) is 0. The lowest BCUT2D eigenvalue weighted by Crippen LogP contribution is -2.51. The van der Waals surface area contributed by atoms with E-state index in [0.717, 1.165) is 13.0 Å². The molecule has 15 heavy (non-hydrogen) atoms. The minimum atomic E-state index is -2.82. The van der Waals surface area contributed by atoms with Crippen LogP contribution >= 0.6 is 0 Å². The molecule has 0 atom stereocenters. The molecular formula is C10H21NO3S. The number of rotatable bonds is 5. The molecule has 1 heterocycles. The van der Waals surface area contributed by atoms with Crippen LogP contribution in [0.1, 0.15) is 32.6 Å². The van der Waals surface area contributed by atoms with E-state index in [9.17, 15) is 8.42 Å². The zero-order valence-corrected chi connectivity index (χ0v) is 10.1. The van der Waals surface area contributed by atoms with Gasteiger partial charge in [0, 0.05) is 12.1 Å². The maximum Gasteiger partial charge on any atom is 0.150 e. The molecule has 2 N–H and O–H groups in total. The molecule has 0 saturated carbocycles. The predicted molar refractivity (Wildman–Crippen MR) is 60.6 cm³/mol. The first-order valence-electron chi connectivity index (χ1n) is 5.60. The molecule has 1 aliphatic rings. The van der Waals surface area contributed by atoms with Crippen molar-refractivity contribution in [3.63, 3.8) is 0 Å². The van der Waals surface area contributed by atoms with Gasteiger partial charge < -0.3 is 10.4 Å². The molecular weight excluding hydrogens is 214 g/mol. The van der Waals surface area contributed by atoms with Crippen molar-refractivity contribution >= 4 is 9.84 Å². The van der Waals surface area contributed by atoms with Gasteiger partial charge >= 0.3 is 0 Å². The maximum absolute atomic E-state index is 11.3. The molecule has 90 valence electrons. The molecule has 0 amide bonds. The van der Waals surface area contributed by atoms with Crippen molar-refractivity contribution < 1.29 is 13.5 Å². The van der Waals surface area contributed by atoms with Gasteiger partial charge in [0.1, 0.15) is 9.84 Å². The second-order valence-corrected chi connectivity index (χ2v) is 6.64. The Bertz CT molecular complexity index is 273. The van der Waals surface area contributed by atoms with Crippen LogP contribution in [0.2, 0.25) is 0 Å². The second kappa shape index (κ2) is 5.27. The van der Waals surface area contributed by atoms with Gasteiger partial charge in [0.25, 0.3) is 0 Å². The number of nitrogens with one attached hydrogen (secondary N) is 1. The standard InChI is InChI=1S/C10H21NO3S/c1-2-6-11-10(3-7-12)4-8-15(13,14)9-5-10/h11-12H,2-9H2,1H3. The van der Waals surface area contributed by atoms with Crippen LogP contribution in [0.3, 0.4) is 0 Å². The third-order valence-electron chi connectivity index (χ3n) is 3.12. The van der Waals surface area contributed by atoms with Crippen molar-refractivity contribution in [2.24, 2.45) is 0 Å². The van der Waals surface area contributed by atoms with Gasteiger partial charge in [-0.2, -0.15) is 0 Å². The summed E-state index contributed by atoms with van der Waals surface area (Å²) < 4.78 is 22.7. The van der Waals surface area contributed by atoms with Gasteiger partial charge in [-0.1, -0.05) is 6.92 Å². The molecule has 0 aromatic rings. The average Bonchev–Trinajstić information content (AvgIpc) is 2.20. The van der Waals surface area contributed by atoms with E-state index in [4.69, 9.17) is 5.11 Å². The van der Waals surface area contributed by atoms with E-state index < -0.39 is 9.84 Å². The fourth-order valence-corrected chi connectivity index (χ4v) is 3.66. The lowest BCUT2D eigenvalue weighted by Gasteiger charge is -2.37. The van der Waals surface area contributed by atoms with Crippen LogP contribution in [0.25, 0.3) is 0 Å². The Hall–Kier alpha value is -0.130. The predicted octanol–water partition coefficient (Wildman–Crippen LogP) is 0.316. The van der Waals surface area contributed by atoms with Gasteiger partial charge in [0.2, 0.25) is 0 Å². The quantitative estimate of drug-likeness (QED) is 0.720. The van der Waals surface area contributed by atoms with E-state index in [2.05, 4.69) is 12.2 Å². The van der Waals surface area contributed by atoms with Crippen molar-refractivity contribution in [1.29, 1.82) is 0 Å². The first kappa shape index (κ1) is 12.9. The number of aliphatic hydroxyl groups excluding tert-OH is 1. The normalized spacial score (nSPS) is 23.9. The molecule has 0 bridgehead atoms. The molecule has 5 heteroatoms. The molecule has 1 fully saturated rings. The van der Waals surface area contributed by atoms with E-state index in [1.807, 2.05) is 0 Å². The van der Waals surface area contributed by atoms with E-state index in [0.29, 0.717) is 19.3 Å². The number of hydrogen-bond acceptors (Lipinski definition) is 4. The topological polar surface area (TPSA) is 66.4 Å². The zero-order chi connectivity index (χ0) is 11.4. The minimum absolute atomic E-state index is 0.122. The van der Waals surface area contributed by atoms with Crippen LogP contribution in [0.15, 0.2) is 0 Å². The lowest BCUT2D eigenvalue weighted by molar-refractivity contribution is 0.196. The summed E-state index contributed by atoms with van der Waals surface area (Å²) in [7, 11) is -2.82. The lowest BCUT2D eigenvalue weighted by atomic mass is 9.88. The highest BCUT2D eigenvalue weighted by atomic mass is 32.2. The van der Waals surface area contributed by atoms with Gasteiger partial charge in [-0.25, -0.2) is 8.42 Å². The summed E-state index contributed by atoms with van der Waals surface area (Å²) >= 11 is 0. The van der Waals surface area contributed by atoms with Gasteiger partial charge in [0.05, 0.1) is 11.5 Å². The Labute approximate surface area is 92.0 Å². The highest BCUT2D eigenvalue weighted by Gasteiger charge is 2.35. The highest BCUT2D eigenvalue weighted by molar-refractivity contribution is 7.91. The molecule has 0 aromatic carbocycles. The summed E-state index contributed by atoms with van der Waals surface area (Å²) in [5.41, 5.74) is -0.143. The minimum Gasteiger partial charge on any atom is -0.396 e. The molecule has 0 spiro atoms. The largest absolute Gasteiger partial charge is 0.396 e. The van der Waals surface area contributed by atoms with E-state index >= 15 is 0 Å². The van der Waals surface area contributed by atoms with Gasteiger partial charge in [0.15, 0.2) is 0 Å². The van der Waals surface area contributed by atoms with Crippen LogP contribution in [0.4, 0.5) is 0 Å². The first-order chi connectivity index (χ1) is 7.04. The highest BCUT2D eigenvalue weighted by Crippen LogP contribution is 2.26. The smallest absolute Gasteiger partial charge is 0.150 e. The Morgan fingerprint density at radius 1 is 1.33 bits per heavy atom. The Kier molecular flexibility index (Phi) is 4.55. The van der Waals surface area contributed by atoms with E-state index in [1.54, 1.807) is 0 Å². The molecule has 1 saturated heterocycles. The van der Waals surface area contributed by atoms with Crippen molar-refractivity contribution in [2.45, 2.75) is 38.1 Å². The van der Waals surface area contributed by atoms with Crippen molar-refractivity contribution in [1.82, 2.24) is 5.32 Å². The molecule has 0 radical (unpaired) electrons. The number of hydrogen-bond donors (Lipinski definition) is 2. The summed E-state index contributed by atoms with van der Waals surface area (Å²) in [6.45, 7) is 3.09. The zero-order valence-electron chi connectivity index (χ0n) is 9.33. The Balaban J connectivity index is 2.59. The summed E-state index contributed by atoms with van der Waals surface area (Å²) in [5.74, 6) is 0.507. The summed E-state index contributed by atoms with van der Waals surface area (Å²) in [6.07, 6.45) is 2.95. The SMILES string of the molecule is CCCNC1(CCO)CCS(=O)(=O)CC1. The van der Waals surface area contributed by atoms with Crippen LogP contribution in [0, 0.1) is 0 Å². The van der Waals surface area contributed by atoms with Crippen molar-refractivity contribution in [3.05, 3.63) is 0 Å². The van der Waals surface area contributed by atoms with Gasteiger partial charge in [-0.05, 0) is 32.2 Å². The molecule has 0 unspecified atom stereocenters. The molecule has 0 aliphatic carbocycles. The summed E-state index contributed by atoms with van der Waals surface area (Å²) in [5, 5.41) is 12.4. The van der Waals surface area contributed by atoms with E-state index in [-0.39, 0.29) is 23.7 Å². The molecule has 1 rings (SSSR count).